The SMILES string of the molecule is CC(=O)N[C@H]1CC[C@H](NC(=O)C2=C3NC(=O)N(c4ccc(Oc5ccccc5)cc4C)C4CCNC(S2)C34)C1. The summed E-state index contributed by atoms with van der Waals surface area (Å²) in [5.74, 6) is 1.26. The van der Waals surface area contributed by atoms with Crippen LogP contribution in [0.15, 0.2) is 59.1 Å². The van der Waals surface area contributed by atoms with Gasteiger partial charge in [-0.25, -0.2) is 4.79 Å². The number of piperidine rings is 1. The lowest BCUT2D eigenvalue weighted by Gasteiger charge is -2.46. The maximum atomic E-state index is 13.6. The fourth-order valence-electron chi connectivity index (χ4n) is 6.27. The van der Waals surface area contributed by atoms with E-state index in [2.05, 4.69) is 21.3 Å². The van der Waals surface area contributed by atoms with E-state index in [9.17, 15) is 14.4 Å². The third-order valence-electron chi connectivity index (χ3n) is 7.93. The largest absolute Gasteiger partial charge is 0.457 e. The smallest absolute Gasteiger partial charge is 0.326 e. The third-order valence-corrected chi connectivity index (χ3v) is 9.28. The summed E-state index contributed by atoms with van der Waals surface area (Å²) >= 11 is 1.51. The van der Waals surface area contributed by atoms with Gasteiger partial charge in [0, 0.05) is 36.3 Å². The van der Waals surface area contributed by atoms with Crippen LogP contribution in [0, 0.1) is 12.8 Å². The molecule has 2 aromatic rings. The molecule has 4 amide bonds. The predicted octanol–water partition coefficient (Wildman–Crippen LogP) is 3.75. The Labute approximate surface area is 232 Å². The minimum absolute atomic E-state index is 0.00416. The summed E-state index contributed by atoms with van der Waals surface area (Å²) < 4.78 is 5.99. The molecule has 0 bridgehead atoms. The molecule has 3 heterocycles. The molecule has 6 rings (SSSR count). The van der Waals surface area contributed by atoms with Gasteiger partial charge in [0.1, 0.15) is 11.5 Å². The van der Waals surface area contributed by atoms with E-state index < -0.39 is 0 Å². The Morgan fingerprint density at radius 2 is 1.79 bits per heavy atom. The monoisotopic (exact) mass is 547 g/mol. The highest BCUT2D eigenvalue weighted by Crippen LogP contribution is 2.48. The minimum Gasteiger partial charge on any atom is -0.457 e. The average molecular weight is 548 g/mol. The van der Waals surface area contributed by atoms with Crippen molar-refractivity contribution in [2.75, 3.05) is 11.4 Å². The van der Waals surface area contributed by atoms with Crippen molar-refractivity contribution in [2.45, 2.75) is 63.0 Å². The fraction of sp³-hybridized carbons (Fsp3) is 0.414. The van der Waals surface area contributed by atoms with Crippen LogP contribution in [0.2, 0.25) is 0 Å². The molecule has 1 aliphatic carbocycles. The van der Waals surface area contributed by atoms with Crippen LogP contribution in [0.3, 0.4) is 0 Å². The first-order chi connectivity index (χ1) is 18.9. The Kier molecular flexibility index (Phi) is 6.99. The fourth-order valence-corrected chi connectivity index (χ4v) is 7.67. The summed E-state index contributed by atoms with van der Waals surface area (Å²) in [7, 11) is 0. The van der Waals surface area contributed by atoms with Crippen LogP contribution >= 0.6 is 11.8 Å². The maximum absolute atomic E-state index is 13.6. The van der Waals surface area contributed by atoms with E-state index in [1.54, 1.807) is 0 Å². The van der Waals surface area contributed by atoms with E-state index >= 15 is 0 Å². The van der Waals surface area contributed by atoms with Crippen molar-refractivity contribution in [1.82, 2.24) is 21.3 Å². The number of urea groups is 1. The summed E-state index contributed by atoms with van der Waals surface area (Å²) in [5.41, 5.74) is 2.51. The molecule has 10 heteroatoms. The number of para-hydroxylation sites is 1. The number of rotatable bonds is 6. The number of hydrogen-bond acceptors (Lipinski definition) is 6. The highest BCUT2D eigenvalue weighted by atomic mass is 32.2. The van der Waals surface area contributed by atoms with Crippen LogP contribution in [-0.2, 0) is 9.59 Å². The van der Waals surface area contributed by atoms with Crippen LogP contribution in [0.1, 0.15) is 38.2 Å². The van der Waals surface area contributed by atoms with Gasteiger partial charge in [-0.1, -0.05) is 30.0 Å². The second-order valence-corrected chi connectivity index (χ2v) is 11.8. The second-order valence-electron chi connectivity index (χ2n) is 10.7. The molecule has 4 aliphatic rings. The number of nitrogens with zero attached hydrogens (tertiary/aromatic N) is 1. The van der Waals surface area contributed by atoms with Crippen molar-refractivity contribution in [3.63, 3.8) is 0 Å². The van der Waals surface area contributed by atoms with Crippen molar-refractivity contribution >= 4 is 35.3 Å². The molecule has 2 saturated heterocycles. The first-order valence-electron chi connectivity index (χ1n) is 13.5. The Morgan fingerprint density at radius 3 is 2.54 bits per heavy atom. The molecule has 0 radical (unpaired) electrons. The van der Waals surface area contributed by atoms with Gasteiger partial charge in [0.15, 0.2) is 0 Å². The van der Waals surface area contributed by atoms with Gasteiger partial charge in [-0.15, -0.1) is 0 Å². The Balaban J connectivity index is 1.21. The zero-order valence-electron chi connectivity index (χ0n) is 22.0. The van der Waals surface area contributed by atoms with E-state index in [1.807, 2.05) is 60.4 Å². The lowest BCUT2D eigenvalue weighted by atomic mass is 9.86. The normalized spacial score (nSPS) is 27.6. The number of ether oxygens (including phenoxy) is 1. The van der Waals surface area contributed by atoms with E-state index in [1.165, 1.54) is 18.7 Å². The molecule has 204 valence electrons. The Bertz CT molecular complexity index is 1330. The van der Waals surface area contributed by atoms with Crippen molar-refractivity contribution in [3.8, 4) is 11.5 Å². The van der Waals surface area contributed by atoms with E-state index in [0.717, 1.165) is 54.9 Å². The number of thioether (sulfide) groups is 1. The maximum Gasteiger partial charge on any atom is 0.326 e. The van der Waals surface area contributed by atoms with Gasteiger partial charge in [-0.2, -0.15) is 0 Å². The van der Waals surface area contributed by atoms with Crippen LogP contribution < -0.4 is 30.9 Å². The number of aryl methyl sites for hydroxylation is 1. The van der Waals surface area contributed by atoms with Crippen molar-refractivity contribution in [3.05, 3.63) is 64.7 Å². The van der Waals surface area contributed by atoms with Crippen molar-refractivity contribution < 1.29 is 19.1 Å². The van der Waals surface area contributed by atoms with Gasteiger partial charge >= 0.3 is 6.03 Å². The lowest BCUT2D eigenvalue weighted by molar-refractivity contribution is -0.119. The molecule has 4 N–H and O–H groups in total. The predicted molar refractivity (Wildman–Crippen MR) is 150 cm³/mol. The summed E-state index contributed by atoms with van der Waals surface area (Å²) in [6.45, 7) is 4.27. The zero-order valence-corrected chi connectivity index (χ0v) is 22.8. The molecule has 3 fully saturated rings. The molecule has 0 aromatic heterocycles. The van der Waals surface area contributed by atoms with Crippen molar-refractivity contribution in [1.29, 1.82) is 0 Å². The summed E-state index contributed by atoms with van der Waals surface area (Å²) in [4.78, 5) is 40.8. The standard InChI is InChI=1S/C29H33N5O4S/c1-16-14-21(38-20-6-4-3-5-7-20)10-11-22(16)34-23-12-13-30-28-24(23)25(33-29(34)37)26(39-28)27(36)32-19-9-8-18(15-19)31-17(2)35/h3-7,10-11,14,18-19,23-24,28,30H,8-9,12-13,15H2,1-2H3,(H,31,35)(H,32,36)(H,33,37)/t18-,19-,23?,24?,28?/m0/s1. The zero-order chi connectivity index (χ0) is 27.1. The molecule has 3 unspecified atom stereocenters. The van der Waals surface area contributed by atoms with E-state index in [4.69, 9.17) is 4.74 Å². The third kappa shape index (κ3) is 5.10. The van der Waals surface area contributed by atoms with Gasteiger partial charge in [0.2, 0.25) is 5.91 Å². The summed E-state index contributed by atoms with van der Waals surface area (Å²) in [6.07, 6.45) is 3.17. The first-order valence-corrected chi connectivity index (χ1v) is 14.4. The number of benzene rings is 2. The Hall–Kier alpha value is -3.50. The molecule has 5 atom stereocenters. The number of anilines is 1. The second kappa shape index (κ2) is 10.6. The van der Waals surface area contributed by atoms with Crippen LogP contribution in [0.25, 0.3) is 0 Å². The number of amides is 4. The van der Waals surface area contributed by atoms with Gasteiger partial charge in [0.25, 0.3) is 5.91 Å². The summed E-state index contributed by atoms with van der Waals surface area (Å²) in [6, 6.07) is 15.2. The average Bonchev–Trinajstić information content (AvgIpc) is 3.50. The number of carbonyl (C=O) groups excluding carboxylic acids is 3. The highest BCUT2D eigenvalue weighted by molar-refractivity contribution is 8.04. The molecule has 2 aromatic carbocycles. The number of carbonyl (C=O) groups is 3. The van der Waals surface area contributed by atoms with Crippen LogP contribution in [0.5, 0.6) is 11.5 Å². The molecule has 9 nitrogen and oxygen atoms in total. The number of hydrogen-bond donors (Lipinski definition) is 4. The topological polar surface area (TPSA) is 112 Å². The quantitative estimate of drug-likeness (QED) is 0.438. The van der Waals surface area contributed by atoms with Crippen molar-refractivity contribution in [2.24, 2.45) is 5.92 Å². The Morgan fingerprint density at radius 1 is 1.03 bits per heavy atom. The van der Waals surface area contributed by atoms with Gasteiger partial charge < -0.3 is 26.0 Å². The molecule has 39 heavy (non-hydrogen) atoms. The number of nitrogens with one attached hydrogen (secondary N) is 4. The van der Waals surface area contributed by atoms with Gasteiger partial charge in [-0.05, 0) is 75.0 Å². The minimum atomic E-state index is -0.217. The van der Waals surface area contributed by atoms with Gasteiger partial charge in [0.05, 0.1) is 16.3 Å². The first kappa shape index (κ1) is 25.8. The molecule has 1 saturated carbocycles. The van der Waals surface area contributed by atoms with Crippen LogP contribution in [-0.4, -0.2) is 47.9 Å². The molecule has 3 aliphatic heterocycles. The van der Waals surface area contributed by atoms with Gasteiger partial charge in [-0.3, -0.25) is 14.5 Å². The van der Waals surface area contributed by atoms with E-state index in [-0.39, 0.29) is 47.3 Å². The lowest BCUT2D eigenvalue weighted by Crippen LogP contribution is -2.62. The van der Waals surface area contributed by atoms with E-state index in [0.29, 0.717) is 10.7 Å². The molecule has 0 spiro atoms. The molecular formula is C29H33N5O4S. The highest BCUT2D eigenvalue weighted by Gasteiger charge is 2.52. The molecular weight excluding hydrogens is 514 g/mol. The summed E-state index contributed by atoms with van der Waals surface area (Å²) in [5, 5.41) is 12.8. The van der Waals surface area contributed by atoms with Crippen LogP contribution in [0.4, 0.5) is 10.5 Å².